The van der Waals surface area contributed by atoms with Crippen LogP contribution in [0, 0.1) is 5.82 Å². The van der Waals surface area contributed by atoms with Crippen LogP contribution < -0.4 is 4.74 Å². The summed E-state index contributed by atoms with van der Waals surface area (Å²) in [7, 11) is 0. The van der Waals surface area contributed by atoms with Gasteiger partial charge in [0.1, 0.15) is 0 Å². The summed E-state index contributed by atoms with van der Waals surface area (Å²) in [6, 6.07) is 1.57. The number of pyridine rings is 1. The zero-order valence-electron chi connectivity index (χ0n) is 11.1. The topological polar surface area (TPSA) is 22.1 Å². The van der Waals surface area contributed by atoms with Crippen LogP contribution >= 0.6 is 11.6 Å². The molecular weight excluding hydrogens is 253 g/mol. The summed E-state index contributed by atoms with van der Waals surface area (Å²) in [6.07, 6.45) is 7.18. The van der Waals surface area contributed by atoms with Crippen LogP contribution in [0.1, 0.15) is 51.5 Å². The van der Waals surface area contributed by atoms with E-state index in [4.69, 9.17) is 16.3 Å². The van der Waals surface area contributed by atoms with Crippen LogP contribution in [0.2, 0.25) is 0 Å². The molecule has 0 saturated carbocycles. The van der Waals surface area contributed by atoms with E-state index >= 15 is 0 Å². The summed E-state index contributed by atoms with van der Waals surface area (Å²) in [5, 5.41) is 0. The van der Waals surface area contributed by atoms with Gasteiger partial charge in [0.15, 0.2) is 5.82 Å². The van der Waals surface area contributed by atoms with Crippen LogP contribution in [0.15, 0.2) is 12.3 Å². The maximum Gasteiger partial charge on any atom is 0.250 e. The van der Waals surface area contributed by atoms with Gasteiger partial charge in [-0.3, -0.25) is 0 Å². The fraction of sp³-hybridized carbons (Fsp3) is 0.643. The maximum absolute atomic E-state index is 13.8. The largest absolute Gasteiger partial charge is 0.473 e. The lowest BCUT2D eigenvalue weighted by molar-refractivity contribution is 0.188. The molecular formula is C14H21ClFNO. The third-order valence-electron chi connectivity index (χ3n) is 2.86. The average Bonchev–Trinajstić information content (AvgIpc) is 2.37. The van der Waals surface area contributed by atoms with E-state index in [9.17, 15) is 4.39 Å². The van der Waals surface area contributed by atoms with Crippen molar-refractivity contribution in [1.29, 1.82) is 0 Å². The molecule has 0 aliphatic carbocycles. The summed E-state index contributed by atoms with van der Waals surface area (Å²) < 4.78 is 19.3. The Morgan fingerprint density at radius 2 is 2.17 bits per heavy atom. The first-order chi connectivity index (χ1) is 8.69. The van der Waals surface area contributed by atoms with Crippen molar-refractivity contribution >= 4 is 11.6 Å². The molecule has 1 aromatic rings. The van der Waals surface area contributed by atoms with E-state index < -0.39 is 5.82 Å². The predicted molar refractivity (Wildman–Crippen MR) is 72.6 cm³/mol. The van der Waals surface area contributed by atoms with Crippen molar-refractivity contribution in [2.75, 3.05) is 0 Å². The Morgan fingerprint density at radius 3 is 2.83 bits per heavy atom. The fourth-order valence-corrected chi connectivity index (χ4v) is 1.96. The molecule has 0 aromatic carbocycles. The standard InChI is InChI=1S/C14H21ClFNO/c1-3-4-5-6-7-11(2)18-14-13(16)12(10-15)8-9-17-14/h8-9,11H,3-7,10H2,1-2H3. The SMILES string of the molecule is CCCCCCC(C)Oc1nccc(CCl)c1F. The highest BCUT2D eigenvalue weighted by atomic mass is 35.5. The molecule has 0 aliphatic heterocycles. The minimum absolute atomic E-state index is 0.0190. The third kappa shape index (κ3) is 4.81. The lowest BCUT2D eigenvalue weighted by atomic mass is 10.1. The smallest absolute Gasteiger partial charge is 0.250 e. The molecule has 0 radical (unpaired) electrons. The van der Waals surface area contributed by atoms with Gasteiger partial charge in [-0.25, -0.2) is 9.37 Å². The van der Waals surface area contributed by atoms with Gasteiger partial charge in [0, 0.05) is 11.8 Å². The van der Waals surface area contributed by atoms with Crippen molar-refractivity contribution < 1.29 is 9.13 Å². The molecule has 0 spiro atoms. The number of nitrogens with zero attached hydrogens (tertiary/aromatic N) is 1. The van der Waals surface area contributed by atoms with E-state index in [1.807, 2.05) is 6.92 Å². The Hall–Kier alpha value is -0.830. The number of unbranched alkanes of at least 4 members (excludes halogenated alkanes) is 3. The van der Waals surface area contributed by atoms with Gasteiger partial charge in [0.25, 0.3) is 5.88 Å². The van der Waals surface area contributed by atoms with Gasteiger partial charge in [-0.2, -0.15) is 0 Å². The molecule has 1 heterocycles. The highest BCUT2D eigenvalue weighted by Gasteiger charge is 2.13. The second-order valence-corrected chi connectivity index (χ2v) is 4.77. The van der Waals surface area contributed by atoms with Crippen molar-refractivity contribution in [3.63, 3.8) is 0 Å². The quantitative estimate of drug-likeness (QED) is 0.506. The molecule has 4 heteroatoms. The summed E-state index contributed by atoms with van der Waals surface area (Å²) in [4.78, 5) is 3.92. The number of ether oxygens (including phenoxy) is 1. The summed E-state index contributed by atoms with van der Waals surface area (Å²) >= 11 is 5.64. The normalized spacial score (nSPS) is 12.4. The van der Waals surface area contributed by atoms with Crippen LogP contribution in [-0.4, -0.2) is 11.1 Å². The molecule has 0 N–H and O–H groups in total. The van der Waals surface area contributed by atoms with Crippen molar-refractivity contribution in [3.05, 3.63) is 23.6 Å². The molecule has 2 nitrogen and oxygen atoms in total. The van der Waals surface area contributed by atoms with Gasteiger partial charge in [-0.15, -0.1) is 11.6 Å². The van der Waals surface area contributed by atoms with Crippen LogP contribution in [0.25, 0.3) is 0 Å². The van der Waals surface area contributed by atoms with E-state index in [1.165, 1.54) is 25.5 Å². The zero-order valence-corrected chi connectivity index (χ0v) is 11.8. The Labute approximate surface area is 114 Å². The zero-order chi connectivity index (χ0) is 13.4. The molecule has 0 amide bonds. The molecule has 18 heavy (non-hydrogen) atoms. The second kappa shape index (κ2) is 8.30. The monoisotopic (exact) mass is 273 g/mol. The van der Waals surface area contributed by atoms with Crippen LogP contribution in [0.3, 0.4) is 0 Å². The molecule has 0 saturated heterocycles. The molecule has 1 atom stereocenters. The van der Waals surface area contributed by atoms with Crippen LogP contribution in [0.5, 0.6) is 5.88 Å². The average molecular weight is 274 g/mol. The van der Waals surface area contributed by atoms with Crippen molar-refractivity contribution in [2.45, 2.75) is 57.9 Å². The Bertz CT molecular complexity index is 360. The van der Waals surface area contributed by atoms with E-state index in [0.29, 0.717) is 5.56 Å². The number of alkyl halides is 1. The maximum atomic E-state index is 13.8. The van der Waals surface area contributed by atoms with Crippen molar-refractivity contribution in [2.24, 2.45) is 0 Å². The fourth-order valence-electron chi connectivity index (χ4n) is 1.76. The van der Waals surface area contributed by atoms with E-state index in [0.717, 1.165) is 12.8 Å². The minimum Gasteiger partial charge on any atom is -0.473 e. The second-order valence-electron chi connectivity index (χ2n) is 4.50. The number of halogens is 2. The number of hydrogen-bond acceptors (Lipinski definition) is 2. The first-order valence-corrected chi connectivity index (χ1v) is 7.08. The van der Waals surface area contributed by atoms with Gasteiger partial charge in [0.2, 0.25) is 0 Å². The molecule has 102 valence electrons. The molecule has 0 bridgehead atoms. The molecule has 1 aromatic heterocycles. The van der Waals surface area contributed by atoms with Crippen molar-refractivity contribution in [3.8, 4) is 5.88 Å². The van der Waals surface area contributed by atoms with E-state index in [1.54, 1.807) is 6.07 Å². The van der Waals surface area contributed by atoms with Crippen LogP contribution in [0.4, 0.5) is 4.39 Å². The summed E-state index contributed by atoms with van der Waals surface area (Å²) in [5.74, 6) is -0.237. The first kappa shape index (κ1) is 15.2. The molecule has 1 unspecified atom stereocenters. The van der Waals surface area contributed by atoms with E-state index in [2.05, 4.69) is 11.9 Å². The molecule has 1 rings (SSSR count). The Balaban J connectivity index is 2.46. The van der Waals surface area contributed by atoms with E-state index in [-0.39, 0.29) is 17.9 Å². The van der Waals surface area contributed by atoms with Gasteiger partial charge in [0.05, 0.1) is 12.0 Å². The van der Waals surface area contributed by atoms with Gasteiger partial charge >= 0.3 is 0 Å². The number of aromatic nitrogens is 1. The molecule has 0 fully saturated rings. The summed E-state index contributed by atoms with van der Waals surface area (Å²) in [6.45, 7) is 4.12. The lowest BCUT2D eigenvalue weighted by Crippen LogP contribution is -2.14. The van der Waals surface area contributed by atoms with Gasteiger partial charge < -0.3 is 4.74 Å². The lowest BCUT2D eigenvalue weighted by Gasteiger charge is -2.14. The number of hydrogen-bond donors (Lipinski definition) is 0. The first-order valence-electron chi connectivity index (χ1n) is 6.55. The predicted octanol–water partition coefficient (Wildman–Crippen LogP) is 4.70. The van der Waals surface area contributed by atoms with Gasteiger partial charge in [-0.1, -0.05) is 26.2 Å². The Morgan fingerprint density at radius 1 is 1.39 bits per heavy atom. The Kier molecular flexibility index (Phi) is 7.02. The minimum atomic E-state index is -0.437. The third-order valence-corrected chi connectivity index (χ3v) is 3.15. The number of rotatable bonds is 8. The van der Waals surface area contributed by atoms with Gasteiger partial charge in [-0.05, 0) is 25.8 Å². The highest BCUT2D eigenvalue weighted by Crippen LogP contribution is 2.21. The van der Waals surface area contributed by atoms with Crippen molar-refractivity contribution in [1.82, 2.24) is 4.98 Å². The highest BCUT2D eigenvalue weighted by molar-refractivity contribution is 6.17. The van der Waals surface area contributed by atoms with Crippen LogP contribution in [-0.2, 0) is 5.88 Å². The summed E-state index contributed by atoms with van der Waals surface area (Å²) in [5.41, 5.74) is 0.430. The molecule has 0 aliphatic rings.